The fraction of sp³-hybridized carbons (Fsp3) is 0.226. The van der Waals surface area contributed by atoms with Crippen molar-refractivity contribution in [2.45, 2.75) is 36.9 Å². The molecule has 6 rings (SSSR count). The van der Waals surface area contributed by atoms with Gasteiger partial charge in [-0.1, -0.05) is 53.5 Å². The first-order chi connectivity index (χ1) is 20.7. The van der Waals surface area contributed by atoms with E-state index in [1.54, 1.807) is 53.0 Å². The van der Waals surface area contributed by atoms with Crippen LogP contribution in [0.4, 0.5) is 0 Å². The SMILES string of the molecule is NCc1ccc(-n2cc3cc(-c4ccc(S(=O)(=O)N(Cc5ccc(Cl)c(Cl)c5)C5CCNCC5)cc4)[nH]c3nc2=O)cc1. The molecule has 4 N–H and O–H groups in total. The largest absolute Gasteiger partial charge is 0.354 e. The van der Waals surface area contributed by atoms with Gasteiger partial charge in [0.1, 0.15) is 5.65 Å². The molecule has 1 aliphatic heterocycles. The molecule has 1 saturated heterocycles. The molecule has 1 fully saturated rings. The highest BCUT2D eigenvalue weighted by Gasteiger charge is 2.32. The van der Waals surface area contributed by atoms with Gasteiger partial charge in [0.05, 0.1) is 20.6 Å². The lowest BCUT2D eigenvalue weighted by Crippen LogP contribution is -2.45. The van der Waals surface area contributed by atoms with Crippen LogP contribution in [0.3, 0.4) is 0 Å². The highest BCUT2D eigenvalue weighted by molar-refractivity contribution is 7.89. The Morgan fingerprint density at radius 1 is 0.930 bits per heavy atom. The maximum absolute atomic E-state index is 14.0. The summed E-state index contributed by atoms with van der Waals surface area (Å²) in [4.78, 5) is 20.4. The standard InChI is InChI=1S/C31H30Cl2N6O3S/c32-27-10-3-21(15-28(27)33)18-39(25-11-13-35-14-12-25)43(41,42)26-8-4-22(5-9-26)29-16-23-19-38(31(40)37-30(23)36-29)24-6-1-20(17-34)2-7-24/h1-10,15-16,19,25,35H,11-14,17-18,34H2,(H,36,37,40). The molecule has 222 valence electrons. The number of benzene rings is 3. The Kier molecular flexibility index (Phi) is 8.41. The lowest BCUT2D eigenvalue weighted by molar-refractivity contribution is 0.256. The third kappa shape index (κ3) is 6.12. The predicted molar refractivity (Wildman–Crippen MR) is 170 cm³/mol. The van der Waals surface area contributed by atoms with Crippen LogP contribution in [0.1, 0.15) is 24.0 Å². The van der Waals surface area contributed by atoms with Crippen molar-refractivity contribution >= 4 is 44.3 Å². The Morgan fingerprint density at radius 2 is 1.63 bits per heavy atom. The Balaban J connectivity index is 1.29. The second kappa shape index (κ2) is 12.2. The van der Waals surface area contributed by atoms with Crippen molar-refractivity contribution in [3.05, 3.63) is 111 Å². The van der Waals surface area contributed by atoms with Gasteiger partial charge in [-0.3, -0.25) is 4.57 Å². The van der Waals surface area contributed by atoms with E-state index in [9.17, 15) is 13.2 Å². The molecule has 0 spiro atoms. The molecule has 12 heteroatoms. The van der Waals surface area contributed by atoms with Crippen molar-refractivity contribution in [3.63, 3.8) is 0 Å². The zero-order chi connectivity index (χ0) is 30.1. The smallest absolute Gasteiger partial charge is 0.339 e. The molecule has 9 nitrogen and oxygen atoms in total. The number of aromatic nitrogens is 3. The molecule has 3 heterocycles. The summed E-state index contributed by atoms with van der Waals surface area (Å²) in [5, 5.41) is 4.86. The van der Waals surface area contributed by atoms with E-state index >= 15 is 0 Å². The van der Waals surface area contributed by atoms with Gasteiger partial charge in [-0.2, -0.15) is 9.29 Å². The second-order valence-corrected chi connectivity index (χ2v) is 13.3. The van der Waals surface area contributed by atoms with Crippen LogP contribution in [0.5, 0.6) is 0 Å². The van der Waals surface area contributed by atoms with Gasteiger partial charge in [-0.25, -0.2) is 13.2 Å². The predicted octanol–water partition coefficient (Wildman–Crippen LogP) is 5.09. The molecular formula is C31H30Cl2N6O3S. The quantitative estimate of drug-likeness (QED) is 0.218. The van der Waals surface area contributed by atoms with E-state index in [4.69, 9.17) is 28.9 Å². The molecule has 0 unspecified atom stereocenters. The number of fused-ring (bicyclic) bond motifs is 1. The highest BCUT2D eigenvalue weighted by atomic mass is 35.5. The molecule has 0 radical (unpaired) electrons. The minimum atomic E-state index is -3.84. The van der Waals surface area contributed by atoms with Crippen LogP contribution in [-0.4, -0.2) is 46.4 Å². The van der Waals surface area contributed by atoms with Crippen molar-refractivity contribution in [1.29, 1.82) is 0 Å². The molecule has 0 bridgehead atoms. The monoisotopic (exact) mass is 636 g/mol. The molecule has 1 aliphatic rings. The van der Waals surface area contributed by atoms with Crippen molar-refractivity contribution < 1.29 is 8.42 Å². The van der Waals surface area contributed by atoms with Crippen LogP contribution in [0.15, 0.2) is 88.7 Å². The molecule has 0 aliphatic carbocycles. The maximum Gasteiger partial charge on any atom is 0.354 e. The first-order valence-corrected chi connectivity index (χ1v) is 16.1. The summed E-state index contributed by atoms with van der Waals surface area (Å²) in [6.45, 7) is 2.10. The van der Waals surface area contributed by atoms with Gasteiger partial charge in [0.2, 0.25) is 10.0 Å². The lowest BCUT2D eigenvalue weighted by Gasteiger charge is -2.34. The fourth-order valence-corrected chi connectivity index (χ4v) is 7.39. The van der Waals surface area contributed by atoms with Crippen LogP contribution in [0.25, 0.3) is 28.0 Å². The molecular weight excluding hydrogens is 607 g/mol. The van der Waals surface area contributed by atoms with Gasteiger partial charge in [0, 0.05) is 36.4 Å². The third-order valence-electron chi connectivity index (χ3n) is 7.77. The van der Waals surface area contributed by atoms with Gasteiger partial charge in [-0.15, -0.1) is 0 Å². The Hall–Kier alpha value is -3.51. The normalized spacial score (nSPS) is 14.5. The van der Waals surface area contributed by atoms with E-state index in [0.717, 1.165) is 35.2 Å². The maximum atomic E-state index is 14.0. The van der Waals surface area contributed by atoms with Crippen molar-refractivity contribution in [2.75, 3.05) is 13.1 Å². The van der Waals surface area contributed by atoms with E-state index in [0.29, 0.717) is 46.5 Å². The molecule has 5 aromatic rings. The van der Waals surface area contributed by atoms with E-state index in [1.165, 1.54) is 4.57 Å². The number of hydrogen-bond acceptors (Lipinski definition) is 6. The first kappa shape index (κ1) is 29.6. The van der Waals surface area contributed by atoms with Gasteiger partial charge >= 0.3 is 5.69 Å². The molecule has 2 aromatic heterocycles. The van der Waals surface area contributed by atoms with Crippen LogP contribution >= 0.6 is 23.2 Å². The van der Waals surface area contributed by atoms with Gasteiger partial charge in [0.15, 0.2) is 0 Å². The van der Waals surface area contributed by atoms with Crippen molar-refractivity contribution in [2.24, 2.45) is 5.73 Å². The molecule has 0 atom stereocenters. The number of sulfonamides is 1. The van der Waals surface area contributed by atoms with E-state index in [2.05, 4.69) is 15.3 Å². The van der Waals surface area contributed by atoms with E-state index in [1.807, 2.05) is 30.3 Å². The molecule has 0 saturated carbocycles. The number of nitrogens with one attached hydrogen (secondary N) is 2. The minimum absolute atomic E-state index is 0.153. The fourth-order valence-electron chi connectivity index (χ4n) is 5.39. The van der Waals surface area contributed by atoms with Gasteiger partial charge in [-0.05, 0) is 85.1 Å². The summed E-state index contributed by atoms with van der Waals surface area (Å²) in [5.74, 6) is 0. The number of piperidine rings is 1. The Morgan fingerprint density at radius 3 is 2.30 bits per heavy atom. The van der Waals surface area contributed by atoms with Crippen LogP contribution < -0.4 is 16.7 Å². The topological polar surface area (TPSA) is 126 Å². The van der Waals surface area contributed by atoms with Gasteiger partial charge < -0.3 is 16.0 Å². The number of rotatable bonds is 8. The lowest BCUT2D eigenvalue weighted by atomic mass is 10.1. The zero-order valence-corrected chi connectivity index (χ0v) is 25.5. The van der Waals surface area contributed by atoms with Crippen molar-refractivity contribution in [3.8, 4) is 16.9 Å². The molecule has 3 aromatic carbocycles. The summed E-state index contributed by atoms with van der Waals surface area (Å²) in [6.07, 6.45) is 3.15. The van der Waals surface area contributed by atoms with Crippen LogP contribution in [-0.2, 0) is 23.1 Å². The second-order valence-electron chi connectivity index (χ2n) is 10.6. The number of H-pyrrole nitrogens is 1. The van der Waals surface area contributed by atoms with Crippen LogP contribution in [0.2, 0.25) is 10.0 Å². The Labute approximate surface area is 259 Å². The van der Waals surface area contributed by atoms with Crippen molar-refractivity contribution in [1.82, 2.24) is 24.2 Å². The van der Waals surface area contributed by atoms with Crippen LogP contribution in [0, 0.1) is 0 Å². The number of nitrogens with zero attached hydrogens (tertiary/aromatic N) is 3. The molecule has 43 heavy (non-hydrogen) atoms. The number of halogens is 2. The number of aromatic amines is 1. The summed E-state index contributed by atoms with van der Waals surface area (Å²) < 4.78 is 31.1. The number of nitrogens with two attached hydrogens (primary N) is 1. The first-order valence-electron chi connectivity index (χ1n) is 13.9. The average molecular weight is 638 g/mol. The highest BCUT2D eigenvalue weighted by Crippen LogP contribution is 2.30. The summed E-state index contributed by atoms with van der Waals surface area (Å²) in [5.41, 5.74) is 9.63. The molecule has 0 amide bonds. The Bertz CT molecular complexity index is 1930. The van der Waals surface area contributed by atoms with Gasteiger partial charge in [0.25, 0.3) is 0 Å². The summed E-state index contributed by atoms with van der Waals surface area (Å²) in [6, 6.07) is 21.1. The van der Waals surface area contributed by atoms with E-state index in [-0.39, 0.29) is 17.5 Å². The third-order valence-corrected chi connectivity index (χ3v) is 10.4. The van der Waals surface area contributed by atoms with E-state index < -0.39 is 15.7 Å². The number of hydrogen-bond donors (Lipinski definition) is 3. The zero-order valence-electron chi connectivity index (χ0n) is 23.1. The minimum Gasteiger partial charge on any atom is -0.339 e. The summed E-state index contributed by atoms with van der Waals surface area (Å²) in [7, 11) is -3.84. The summed E-state index contributed by atoms with van der Waals surface area (Å²) >= 11 is 12.3. The average Bonchev–Trinajstić information content (AvgIpc) is 3.44.